The SMILES string of the molecule is O=C1CCC(N2C(=O)c3ccc(NCC4CC(n5cc(N6CCOCC6)c(C6CC6)n5)C4)cc3C2=O)C(=O)N1. The summed E-state index contributed by atoms with van der Waals surface area (Å²) in [6.45, 7) is 4.14. The van der Waals surface area contributed by atoms with Gasteiger partial charge in [0.2, 0.25) is 11.8 Å². The zero-order chi connectivity index (χ0) is 26.7. The van der Waals surface area contributed by atoms with Gasteiger partial charge in [0.25, 0.3) is 11.8 Å². The molecule has 4 fully saturated rings. The first-order valence-corrected chi connectivity index (χ1v) is 14.0. The lowest BCUT2D eigenvalue weighted by atomic mass is 9.80. The molecule has 0 spiro atoms. The van der Waals surface area contributed by atoms with Gasteiger partial charge in [-0.3, -0.25) is 34.1 Å². The Bertz CT molecular complexity index is 1350. The highest BCUT2D eigenvalue weighted by molar-refractivity contribution is 6.23. The average Bonchev–Trinajstić information content (AvgIpc) is 3.62. The number of amides is 4. The van der Waals surface area contributed by atoms with E-state index in [1.54, 1.807) is 18.2 Å². The van der Waals surface area contributed by atoms with Gasteiger partial charge in [-0.2, -0.15) is 5.10 Å². The van der Waals surface area contributed by atoms with Gasteiger partial charge in [0.15, 0.2) is 0 Å². The maximum Gasteiger partial charge on any atom is 0.262 e. The summed E-state index contributed by atoms with van der Waals surface area (Å²) >= 11 is 0. The summed E-state index contributed by atoms with van der Waals surface area (Å²) in [7, 11) is 0. The van der Waals surface area contributed by atoms with Crippen LogP contribution in [0, 0.1) is 5.92 Å². The zero-order valence-corrected chi connectivity index (χ0v) is 21.7. The topological polar surface area (TPSA) is 126 Å². The van der Waals surface area contributed by atoms with Gasteiger partial charge in [0, 0.05) is 43.9 Å². The number of carbonyl (C=O) groups is 4. The van der Waals surface area contributed by atoms with Gasteiger partial charge in [0.1, 0.15) is 6.04 Å². The summed E-state index contributed by atoms with van der Waals surface area (Å²) < 4.78 is 7.72. The van der Waals surface area contributed by atoms with E-state index in [9.17, 15) is 19.2 Å². The Morgan fingerprint density at radius 3 is 2.51 bits per heavy atom. The van der Waals surface area contributed by atoms with Gasteiger partial charge in [0.05, 0.1) is 41.8 Å². The molecule has 0 radical (unpaired) electrons. The number of nitrogens with zero attached hydrogens (tertiary/aromatic N) is 4. The number of rotatable bonds is 7. The Morgan fingerprint density at radius 1 is 1.00 bits per heavy atom. The molecule has 2 saturated carbocycles. The number of morpholine rings is 1. The molecule has 0 bridgehead atoms. The first-order valence-electron chi connectivity index (χ1n) is 14.0. The third-order valence-corrected chi connectivity index (χ3v) is 8.68. The fourth-order valence-corrected chi connectivity index (χ4v) is 6.20. The number of anilines is 2. The second kappa shape index (κ2) is 9.48. The molecule has 204 valence electrons. The third-order valence-electron chi connectivity index (χ3n) is 8.68. The van der Waals surface area contributed by atoms with E-state index in [-0.39, 0.29) is 18.7 Å². The zero-order valence-electron chi connectivity index (χ0n) is 21.7. The van der Waals surface area contributed by atoms with Gasteiger partial charge in [-0.15, -0.1) is 0 Å². The molecule has 1 aromatic heterocycles. The molecule has 11 nitrogen and oxygen atoms in total. The van der Waals surface area contributed by atoms with E-state index in [1.807, 2.05) is 0 Å². The van der Waals surface area contributed by atoms with Crippen molar-refractivity contribution in [2.45, 2.75) is 56.5 Å². The summed E-state index contributed by atoms with van der Waals surface area (Å²) in [5.74, 6) is -0.872. The number of piperidine rings is 1. The molecule has 4 heterocycles. The quantitative estimate of drug-likeness (QED) is 0.519. The van der Waals surface area contributed by atoms with Crippen LogP contribution in [0.4, 0.5) is 11.4 Å². The Kier molecular flexibility index (Phi) is 5.91. The lowest BCUT2D eigenvalue weighted by Crippen LogP contribution is -2.54. The molecule has 2 saturated heterocycles. The second-order valence-corrected chi connectivity index (χ2v) is 11.3. The Hall–Kier alpha value is -3.73. The largest absolute Gasteiger partial charge is 0.385 e. The van der Waals surface area contributed by atoms with Crippen molar-refractivity contribution in [2.24, 2.45) is 5.92 Å². The van der Waals surface area contributed by atoms with Gasteiger partial charge in [-0.25, -0.2) is 0 Å². The smallest absolute Gasteiger partial charge is 0.262 e. The van der Waals surface area contributed by atoms with Gasteiger partial charge in [-0.1, -0.05) is 0 Å². The molecular weight excluding hydrogens is 500 g/mol. The number of hydrogen-bond acceptors (Lipinski definition) is 8. The number of nitrogens with one attached hydrogen (secondary N) is 2. The van der Waals surface area contributed by atoms with Crippen LogP contribution in [0.25, 0.3) is 0 Å². The molecule has 5 aliphatic rings. The number of fused-ring (bicyclic) bond motifs is 1. The van der Waals surface area contributed by atoms with Crippen molar-refractivity contribution < 1.29 is 23.9 Å². The van der Waals surface area contributed by atoms with Crippen molar-refractivity contribution in [1.82, 2.24) is 20.0 Å². The number of carbonyl (C=O) groups excluding carboxylic acids is 4. The van der Waals surface area contributed by atoms with Crippen LogP contribution in [0.2, 0.25) is 0 Å². The summed E-state index contributed by atoms with van der Waals surface area (Å²) in [5.41, 5.74) is 3.89. The van der Waals surface area contributed by atoms with Crippen LogP contribution in [0.1, 0.15) is 76.9 Å². The van der Waals surface area contributed by atoms with Crippen molar-refractivity contribution >= 4 is 35.0 Å². The number of aromatic nitrogens is 2. The highest BCUT2D eigenvalue weighted by Crippen LogP contribution is 2.46. The first-order chi connectivity index (χ1) is 19.0. The average molecular weight is 533 g/mol. The number of imide groups is 2. The van der Waals surface area contributed by atoms with E-state index in [2.05, 4.69) is 26.4 Å². The lowest BCUT2D eigenvalue weighted by Gasteiger charge is -2.35. The van der Waals surface area contributed by atoms with E-state index in [0.717, 1.165) is 56.3 Å². The maximum atomic E-state index is 13.1. The molecule has 2 aromatic rings. The van der Waals surface area contributed by atoms with Crippen LogP contribution in [-0.2, 0) is 14.3 Å². The molecule has 3 aliphatic heterocycles. The molecule has 1 atom stereocenters. The van der Waals surface area contributed by atoms with Crippen LogP contribution >= 0.6 is 0 Å². The van der Waals surface area contributed by atoms with Crippen molar-refractivity contribution in [3.05, 3.63) is 41.2 Å². The van der Waals surface area contributed by atoms with E-state index >= 15 is 0 Å². The Morgan fingerprint density at radius 2 is 1.77 bits per heavy atom. The fraction of sp³-hybridized carbons (Fsp3) is 0.536. The first kappa shape index (κ1) is 24.3. The molecule has 39 heavy (non-hydrogen) atoms. The normalized spacial score (nSPS) is 26.9. The minimum Gasteiger partial charge on any atom is -0.385 e. The summed E-state index contributed by atoms with van der Waals surface area (Å²) in [4.78, 5) is 53.2. The molecule has 4 amide bonds. The summed E-state index contributed by atoms with van der Waals surface area (Å²) in [6.07, 6.45) is 7.02. The summed E-state index contributed by atoms with van der Waals surface area (Å²) in [6, 6.07) is 4.58. The van der Waals surface area contributed by atoms with E-state index in [4.69, 9.17) is 9.84 Å². The Balaban J connectivity index is 0.970. The van der Waals surface area contributed by atoms with Crippen molar-refractivity contribution in [1.29, 1.82) is 0 Å². The second-order valence-electron chi connectivity index (χ2n) is 11.3. The van der Waals surface area contributed by atoms with E-state index in [1.165, 1.54) is 24.2 Å². The van der Waals surface area contributed by atoms with Gasteiger partial charge < -0.3 is 15.0 Å². The van der Waals surface area contributed by atoms with Gasteiger partial charge >= 0.3 is 0 Å². The van der Waals surface area contributed by atoms with Crippen molar-refractivity contribution in [2.75, 3.05) is 43.1 Å². The molecule has 2 N–H and O–H groups in total. The minimum atomic E-state index is -0.954. The van der Waals surface area contributed by atoms with Crippen LogP contribution in [0.3, 0.4) is 0 Å². The fourth-order valence-electron chi connectivity index (χ4n) is 6.20. The van der Waals surface area contributed by atoms with Crippen LogP contribution in [0.15, 0.2) is 24.4 Å². The Labute approximate surface area is 225 Å². The molecule has 11 heteroatoms. The van der Waals surface area contributed by atoms with Crippen molar-refractivity contribution in [3.8, 4) is 0 Å². The maximum absolute atomic E-state index is 13.1. The number of ether oxygens (including phenoxy) is 1. The molecular formula is C28H32N6O5. The van der Waals surface area contributed by atoms with Crippen LogP contribution in [-0.4, -0.2) is 77.2 Å². The third kappa shape index (κ3) is 4.38. The molecule has 1 aromatic carbocycles. The van der Waals surface area contributed by atoms with E-state index in [0.29, 0.717) is 29.0 Å². The highest BCUT2D eigenvalue weighted by atomic mass is 16.5. The number of benzene rings is 1. The standard InChI is InChI=1S/C28H32N6O5/c35-24-6-5-22(26(36)30-24)34-27(37)20-4-3-18(13-21(20)28(34)38)29-14-16-11-19(12-16)33-15-23(25(31-33)17-1-2-17)32-7-9-39-10-8-32/h3-4,13,15-17,19,22,29H,1-2,5-12,14H2,(H,30,35,36). The van der Waals surface area contributed by atoms with Crippen molar-refractivity contribution in [3.63, 3.8) is 0 Å². The summed E-state index contributed by atoms with van der Waals surface area (Å²) in [5, 5.41) is 10.7. The monoisotopic (exact) mass is 532 g/mol. The molecule has 7 rings (SSSR count). The van der Waals surface area contributed by atoms with Gasteiger partial charge in [-0.05, 0) is 56.2 Å². The molecule has 2 aliphatic carbocycles. The van der Waals surface area contributed by atoms with Crippen LogP contribution < -0.4 is 15.5 Å². The predicted octanol–water partition coefficient (Wildman–Crippen LogP) is 2.06. The lowest BCUT2D eigenvalue weighted by molar-refractivity contribution is -0.136. The highest BCUT2D eigenvalue weighted by Gasteiger charge is 2.44. The predicted molar refractivity (Wildman–Crippen MR) is 141 cm³/mol. The van der Waals surface area contributed by atoms with Crippen LogP contribution in [0.5, 0.6) is 0 Å². The van der Waals surface area contributed by atoms with E-state index < -0.39 is 23.8 Å². The molecule has 1 unspecified atom stereocenters. The minimum absolute atomic E-state index is 0.105. The number of hydrogen-bond donors (Lipinski definition) is 2.